The topological polar surface area (TPSA) is 17.0 Å². The Bertz CT molecular complexity index is 533. The lowest BCUT2D eigenvalue weighted by Crippen LogP contribution is -2.25. The van der Waals surface area contributed by atoms with Crippen LogP contribution in [0.25, 0.3) is 10.9 Å². The molecule has 1 aromatic heterocycles. The van der Waals surface area contributed by atoms with E-state index < -0.39 is 0 Å². The van der Waals surface area contributed by atoms with Crippen LogP contribution < -0.4 is 5.32 Å². The molecule has 1 N–H and O–H groups in total. The molecular weight excluding hydrogens is 208 g/mol. The number of terminal acetylenes is 1. The van der Waals surface area contributed by atoms with Gasteiger partial charge >= 0.3 is 0 Å². The summed E-state index contributed by atoms with van der Waals surface area (Å²) in [5.41, 5.74) is 3.91. The number of benzene rings is 1. The first kappa shape index (κ1) is 11.8. The van der Waals surface area contributed by atoms with Crippen LogP contribution >= 0.6 is 0 Å². The average molecular weight is 226 g/mol. The Labute approximate surface area is 103 Å². The normalized spacial score (nSPS) is 12.6. The van der Waals surface area contributed by atoms with E-state index >= 15 is 0 Å². The van der Waals surface area contributed by atoms with E-state index in [4.69, 9.17) is 6.42 Å². The highest BCUT2D eigenvalue weighted by Crippen LogP contribution is 2.24. The van der Waals surface area contributed by atoms with Crippen molar-refractivity contribution in [2.24, 2.45) is 7.05 Å². The second-order valence-corrected chi connectivity index (χ2v) is 4.42. The zero-order valence-corrected chi connectivity index (χ0v) is 10.6. The first-order chi connectivity index (χ1) is 8.15. The first-order valence-electron chi connectivity index (χ1n) is 5.87. The molecule has 0 aliphatic rings. The van der Waals surface area contributed by atoms with E-state index in [2.05, 4.69) is 54.0 Å². The van der Waals surface area contributed by atoms with Gasteiger partial charge in [0.1, 0.15) is 0 Å². The summed E-state index contributed by atoms with van der Waals surface area (Å²) in [6.45, 7) is 4.97. The maximum atomic E-state index is 5.37. The van der Waals surface area contributed by atoms with Crippen LogP contribution in [0.2, 0.25) is 0 Å². The molecule has 0 radical (unpaired) electrons. The van der Waals surface area contributed by atoms with Gasteiger partial charge in [-0.25, -0.2) is 0 Å². The Kier molecular flexibility index (Phi) is 3.21. The van der Waals surface area contributed by atoms with Crippen molar-refractivity contribution >= 4 is 10.9 Å². The van der Waals surface area contributed by atoms with Crippen molar-refractivity contribution in [2.75, 3.05) is 0 Å². The summed E-state index contributed by atoms with van der Waals surface area (Å²) in [6.07, 6.45) is 5.37. The molecule has 17 heavy (non-hydrogen) atoms. The standard InChI is InChI=1S/C15H18N2/c1-5-11(2)16-10-15-12(3)13-8-6-7-9-14(13)17(15)4/h1,6-9,11,16H,10H2,2-4H3. The first-order valence-corrected chi connectivity index (χ1v) is 5.87. The molecule has 0 saturated heterocycles. The lowest BCUT2D eigenvalue weighted by molar-refractivity contribution is 0.621. The van der Waals surface area contributed by atoms with Crippen LogP contribution in [0.5, 0.6) is 0 Å². The lowest BCUT2D eigenvalue weighted by Gasteiger charge is -2.09. The molecule has 2 rings (SSSR count). The van der Waals surface area contributed by atoms with Gasteiger partial charge in [0.15, 0.2) is 0 Å². The molecule has 2 aromatic rings. The van der Waals surface area contributed by atoms with Gasteiger partial charge in [0.25, 0.3) is 0 Å². The summed E-state index contributed by atoms with van der Waals surface area (Å²) >= 11 is 0. The van der Waals surface area contributed by atoms with Gasteiger partial charge in [-0.2, -0.15) is 0 Å². The van der Waals surface area contributed by atoms with Gasteiger partial charge in [-0.05, 0) is 25.5 Å². The molecule has 1 unspecified atom stereocenters. The molecule has 0 spiro atoms. The number of para-hydroxylation sites is 1. The molecule has 2 heteroatoms. The molecule has 88 valence electrons. The lowest BCUT2D eigenvalue weighted by atomic mass is 10.1. The zero-order valence-electron chi connectivity index (χ0n) is 10.6. The van der Waals surface area contributed by atoms with Gasteiger partial charge in [-0.15, -0.1) is 6.42 Å². The summed E-state index contributed by atoms with van der Waals surface area (Å²) in [6, 6.07) is 8.57. The van der Waals surface area contributed by atoms with Crippen molar-refractivity contribution < 1.29 is 0 Å². The molecule has 0 bridgehead atoms. The van der Waals surface area contributed by atoms with E-state index in [1.165, 1.54) is 22.2 Å². The number of hydrogen-bond acceptors (Lipinski definition) is 1. The minimum absolute atomic E-state index is 0.104. The fourth-order valence-electron chi connectivity index (χ4n) is 2.20. The molecule has 0 aliphatic carbocycles. The van der Waals surface area contributed by atoms with E-state index in [1.54, 1.807) is 0 Å². The van der Waals surface area contributed by atoms with Crippen molar-refractivity contribution in [1.82, 2.24) is 9.88 Å². The smallest absolute Gasteiger partial charge is 0.0661 e. The third-order valence-corrected chi connectivity index (χ3v) is 3.33. The van der Waals surface area contributed by atoms with E-state index in [9.17, 15) is 0 Å². The minimum atomic E-state index is 0.104. The zero-order chi connectivity index (χ0) is 12.4. The number of aryl methyl sites for hydroxylation is 2. The quantitative estimate of drug-likeness (QED) is 0.796. The Balaban J connectivity index is 2.38. The monoisotopic (exact) mass is 226 g/mol. The van der Waals surface area contributed by atoms with Crippen LogP contribution in [0.4, 0.5) is 0 Å². The summed E-state index contributed by atoms with van der Waals surface area (Å²) in [7, 11) is 2.10. The number of fused-ring (bicyclic) bond motifs is 1. The molecule has 1 atom stereocenters. The minimum Gasteiger partial charge on any atom is -0.346 e. The van der Waals surface area contributed by atoms with Gasteiger partial charge in [0.05, 0.1) is 6.04 Å². The van der Waals surface area contributed by atoms with Gasteiger partial charge < -0.3 is 4.57 Å². The molecule has 1 heterocycles. The van der Waals surface area contributed by atoms with Crippen LogP contribution in [0.15, 0.2) is 24.3 Å². The van der Waals surface area contributed by atoms with Crippen molar-refractivity contribution in [1.29, 1.82) is 0 Å². The molecule has 0 saturated carbocycles. The van der Waals surface area contributed by atoms with Crippen LogP contribution in [0.1, 0.15) is 18.2 Å². The van der Waals surface area contributed by atoms with Crippen molar-refractivity contribution in [3.8, 4) is 12.3 Å². The fourth-order valence-corrected chi connectivity index (χ4v) is 2.20. The summed E-state index contributed by atoms with van der Waals surface area (Å²) in [5.74, 6) is 2.69. The average Bonchev–Trinajstić information content (AvgIpc) is 2.60. The Morgan fingerprint density at radius 1 is 1.41 bits per heavy atom. The number of hydrogen-bond donors (Lipinski definition) is 1. The highest BCUT2D eigenvalue weighted by atomic mass is 15.0. The maximum absolute atomic E-state index is 5.37. The third-order valence-electron chi connectivity index (χ3n) is 3.33. The van der Waals surface area contributed by atoms with Gasteiger partial charge in [0.2, 0.25) is 0 Å². The van der Waals surface area contributed by atoms with Gasteiger partial charge in [0, 0.05) is 30.2 Å². The Morgan fingerprint density at radius 3 is 2.76 bits per heavy atom. The summed E-state index contributed by atoms with van der Waals surface area (Å²) < 4.78 is 2.24. The van der Waals surface area contributed by atoms with Gasteiger partial charge in [-0.3, -0.25) is 5.32 Å². The van der Waals surface area contributed by atoms with E-state index in [1.807, 2.05) is 6.92 Å². The molecule has 1 aromatic carbocycles. The SMILES string of the molecule is C#CC(C)NCc1c(C)c2ccccc2n1C. The number of nitrogens with zero attached hydrogens (tertiary/aromatic N) is 1. The van der Waals surface area contributed by atoms with E-state index in [-0.39, 0.29) is 6.04 Å². The van der Waals surface area contributed by atoms with E-state index in [0.717, 1.165) is 6.54 Å². The van der Waals surface area contributed by atoms with Crippen LogP contribution in [-0.4, -0.2) is 10.6 Å². The van der Waals surface area contributed by atoms with E-state index in [0.29, 0.717) is 0 Å². The van der Waals surface area contributed by atoms with Crippen molar-refractivity contribution in [2.45, 2.75) is 26.4 Å². The molecule has 0 aliphatic heterocycles. The van der Waals surface area contributed by atoms with Crippen molar-refractivity contribution in [3.05, 3.63) is 35.5 Å². The highest BCUT2D eigenvalue weighted by molar-refractivity contribution is 5.85. The number of aromatic nitrogens is 1. The molecule has 0 fully saturated rings. The van der Waals surface area contributed by atoms with Crippen LogP contribution in [0, 0.1) is 19.3 Å². The predicted octanol–water partition coefficient (Wildman–Crippen LogP) is 2.60. The highest BCUT2D eigenvalue weighted by Gasteiger charge is 2.10. The molecule has 2 nitrogen and oxygen atoms in total. The van der Waals surface area contributed by atoms with Crippen LogP contribution in [-0.2, 0) is 13.6 Å². The van der Waals surface area contributed by atoms with Crippen LogP contribution in [0.3, 0.4) is 0 Å². The summed E-state index contributed by atoms with van der Waals surface area (Å²) in [5, 5.41) is 4.65. The second-order valence-electron chi connectivity index (χ2n) is 4.42. The van der Waals surface area contributed by atoms with Crippen molar-refractivity contribution in [3.63, 3.8) is 0 Å². The summed E-state index contributed by atoms with van der Waals surface area (Å²) in [4.78, 5) is 0. The molecular formula is C15H18N2. The Morgan fingerprint density at radius 2 is 2.12 bits per heavy atom. The Hall–Kier alpha value is -1.72. The maximum Gasteiger partial charge on any atom is 0.0661 e. The third kappa shape index (κ3) is 2.07. The number of nitrogens with one attached hydrogen (secondary N) is 1. The predicted molar refractivity (Wildman–Crippen MR) is 72.8 cm³/mol. The number of rotatable bonds is 3. The molecule has 0 amide bonds. The largest absolute Gasteiger partial charge is 0.346 e. The fraction of sp³-hybridized carbons (Fsp3) is 0.333. The van der Waals surface area contributed by atoms with Gasteiger partial charge in [-0.1, -0.05) is 24.1 Å². The second kappa shape index (κ2) is 4.65.